The minimum atomic E-state index is -0.687. The molecule has 0 aliphatic rings. The molecule has 0 bridgehead atoms. The van der Waals surface area contributed by atoms with Crippen LogP contribution in [0.15, 0.2) is 30.5 Å². The van der Waals surface area contributed by atoms with Gasteiger partial charge in [0.15, 0.2) is 0 Å². The normalized spacial score (nSPS) is 12.0. The zero-order valence-corrected chi connectivity index (χ0v) is 12.1. The Labute approximate surface area is 125 Å². The Morgan fingerprint density at radius 1 is 1.45 bits per heavy atom. The fraction of sp³-hybridized carbons (Fsp3) is 0.286. The van der Waals surface area contributed by atoms with Gasteiger partial charge in [-0.1, -0.05) is 12.1 Å². The third-order valence-electron chi connectivity index (χ3n) is 3.24. The van der Waals surface area contributed by atoms with Crippen LogP contribution in [-0.2, 0) is 11.3 Å². The van der Waals surface area contributed by atoms with Crippen molar-refractivity contribution in [1.82, 2.24) is 15.1 Å². The highest BCUT2D eigenvalue weighted by Crippen LogP contribution is 2.18. The number of halogens is 1. The predicted molar refractivity (Wildman–Crippen MR) is 76.6 cm³/mol. The molecule has 7 nitrogen and oxygen atoms in total. The molecular formula is C14H15FN4O3. The van der Waals surface area contributed by atoms with Crippen molar-refractivity contribution in [2.24, 2.45) is 0 Å². The Kier molecular flexibility index (Phi) is 4.50. The van der Waals surface area contributed by atoms with Crippen LogP contribution in [0.2, 0.25) is 0 Å². The van der Waals surface area contributed by atoms with E-state index in [9.17, 15) is 19.3 Å². The summed E-state index contributed by atoms with van der Waals surface area (Å²) in [6.07, 6.45) is 1.23. The van der Waals surface area contributed by atoms with Gasteiger partial charge in [-0.25, -0.2) is 4.39 Å². The molecule has 8 heteroatoms. The lowest BCUT2D eigenvalue weighted by Crippen LogP contribution is -2.30. The van der Waals surface area contributed by atoms with Crippen LogP contribution in [0.25, 0.3) is 0 Å². The summed E-state index contributed by atoms with van der Waals surface area (Å²) in [4.78, 5) is 22.3. The summed E-state index contributed by atoms with van der Waals surface area (Å²) in [6, 6.07) is 5.08. The van der Waals surface area contributed by atoms with Crippen LogP contribution in [0, 0.1) is 22.9 Å². The Bertz CT molecular complexity index is 697. The lowest BCUT2D eigenvalue weighted by molar-refractivity contribution is -0.385. The first kappa shape index (κ1) is 15.6. The highest BCUT2D eigenvalue weighted by atomic mass is 19.1. The molecule has 116 valence electrons. The number of amides is 1. The second kappa shape index (κ2) is 6.33. The Morgan fingerprint density at radius 3 is 2.64 bits per heavy atom. The van der Waals surface area contributed by atoms with Crippen molar-refractivity contribution in [3.05, 3.63) is 57.7 Å². The van der Waals surface area contributed by atoms with Gasteiger partial charge in [0, 0.05) is 6.54 Å². The monoisotopic (exact) mass is 306 g/mol. The third-order valence-corrected chi connectivity index (χ3v) is 3.24. The molecule has 22 heavy (non-hydrogen) atoms. The average molecular weight is 306 g/mol. The van der Waals surface area contributed by atoms with Gasteiger partial charge in [-0.2, -0.15) is 5.10 Å². The fourth-order valence-electron chi connectivity index (χ4n) is 1.91. The zero-order valence-electron chi connectivity index (χ0n) is 12.1. The number of carbonyl (C=O) groups excluding carboxylic acids is 1. The van der Waals surface area contributed by atoms with Crippen LogP contribution in [0.5, 0.6) is 0 Å². The van der Waals surface area contributed by atoms with Gasteiger partial charge in [0.1, 0.15) is 23.7 Å². The molecule has 0 fully saturated rings. The van der Waals surface area contributed by atoms with Crippen LogP contribution in [0.4, 0.5) is 10.1 Å². The summed E-state index contributed by atoms with van der Waals surface area (Å²) < 4.78 is 14.0. The number of aryl methyl sites for hydroxylation is 1. The molecule has 0 saturated carbocycles. The minimum absolute atomic E-state index is 0.127. The molecule has 2 aromatic rings. The standard InChI is InChI=1S/C14H15FN4O3/c1-9-13(19(21)22)8-18(17-9)10(2)14(20)16-7-11-3-5-12(15)6-4-11/h3-6,8,10H,7H2,1-2H3,(H,16,20). The van der Waals surface area contributed by atoms with E-state index in [1.807, 2.05) is 0 Å². The van der Waals surface area contributed by atoms with Crippen molar-refractivity contribution >= 4 is 11.6 Å². The number of nitro groups is 1. The van der Waals surface area contributed by atoms with E-state index in [0.29, 0.717) is 0 Å². The van der Waals surface area contributed by atoms with Gasteiger partial charge in [-0.05, 0) is 31.5 Å². The van der Waals surface area contributed by atoms with Crippen molar-refractivity contribution in [2.45, 2.75) is 26.4 Å². The molecule has 1 amide bonds. The van der Waals surface area contributed by atoms with E-state index in [2.05, 4.69) is 10.4 Å². The largest absolute Gasteiger partial charge is 0.350 e. The van der Waals surface area contributed by atoms with Gasteiger partial charge in [0.05, 0.1) is 4.92 Å². The van der Waals surface area contributed by atoms with Crippen LogP contribution in [0.3, 0.4) is 0 Å². The van der Waals surface area contributed by atoms with Crippen LogP contribution in [-0.4, -0.2) is 20.6 Å². The van der Waals surface area contributed by atoms with Gasteiger partial charge >= 0.3 is 5.69 Å². The molecule has 2 rings (SSSR count). The number of aromatic nitrogens is 2. The van der Waals surface area contributed by atoms with E-state index in [0.717, 1.165) is 5.56 Å². The third kappa shape index (κ3) is 3.46. The van der Waals surface area contributed by atoms with E-state index >= 15 is 0 Å². The molecule has 1 N–H and O–H groups in total. The maximum atomic E-state index is 12.8. The van der Waals surface area contributed by atoms with Crippen molar-refractivity contribution < 1.29 is 14.1 Å². The van der Waals surface area contributed by atoms with Gasteiger partial charge in [-0.3, -0.25) is 19.6 Å². The van der Waals surface area contributed by atoms with E-state index in [1.54, 1.807) is 19.1 Å². The predicted octanol–water partition coefficient (Wildman–Crippen LogP) is 2.12. The second-order valence-electron chi connectivity index (χ2n) is 4.86. The quantitative estimate of drug-likeness (QED) is 0.676. The highest BCUT2D eigenvalue weighted by Gasteiger charge is 2.21. The number of hydrogen-bond donors (Lipinski definition) is 1. The highest BCUT2D eigenvalue weighted by molar-refractivity contribution is 5.79. The number of carbonyl (C=O) groups is 1. The maximum absolute atomic E-state index is 12.8. The zero-order chi connectivity index (χ0) is 16.3. The molecule has 0 saturated heterocycles. The molecule has 0 aliphatic heterocycles. The van der Waals surface area contributed by atoms with Crippen molar-refractivity contribution in [2.75, 3.05) is 0 Å². The molecule has 1 unspecified atom stereocenters. The van der Waals surface area contributed by atoms with E-state index in [4.69, 9.17) is 0 Å². The van der Waals surface area contributed by atoms with E-state index in [1.165, 1.54) is 29.9 Å². The SMILES string of the molecule is Cc1nn(C(C)C(=O)NCc2ccc(F)cc2)cc1[N+](=O)[O-]. The molecular weight excluding hydrogens is 291 g/mol. The van der Waals surface area contributed by atoms with Crippen LogP contribution >= 0.6 is 0 Å². The van der Waals surface area contributed by atoms with Crippen molar-refractivity contribution in [3.8, 4) is 0 Å². The lowest BCUT2D eigenvalue weighted by atomic mass is 10.2. The summed E-state index contributed by atoms with van der Waals surface area (Å²) in [5.41, 5.74) is 0.881. The van der Waals surface area contributed by atoms with Crippen LogP contribution in [0.1, 0.15) is 24.2 Å². The topological polar surface area (TPSA) is 90.1 Å². The fourth-order valence-corrected chi connectivity index (χ4v) is 1.91. The Morgan fingerprint density at radius 2 is 2.09 bits per heavy atom. The summed E-state index contributed by atoms with van der Waals surface area (Å²) in [5, 5.41) is 17.5. The first-order valence-electron chi connectivity index (χ1n) is 6.61. The van der Waals surface area contributed by atoms with Gasteiger partial charge in [0.2, 0.25) is 5.91 Å². The van der Waals surface area contributed by atoms with Crippen molar-refractivity contribution in [3.63, 3.8) is 0 Å². The van der Waals surface area contributed by atoms with Crippen molar-refractivity contribution in [1.29, 1.82) is 0 Å². The number of nitrogens with zero attached hydrogens (tertiary/aromatic N) is 3. The molecule has 1 aromatic heterocycles. The van der Waals surface area contributed by atoms with Crippen LogP contribution < -0.4 is 5.32 Å². The summed E-state index contributed by atoms with van der Waals surface area (Å²) in [5.74, 6) is -0.676. The summed E-state index contributed by atoms with van der Waals surface area (Å²) >= 11 is 0. The molecule has 0 radical (unpaired) electrons. The van der Waals surface area contributed by atoms with E-state index in [-0.39, 0.29) is 29.7 Å². The summed E-state index contributed by atoms with van der Waals surface area (Å²) in [7, 11) is 0. The molecule has 1 heterocycles. The number of rotatable bonds is 5. The first-order valence-corrected chi connectivity index (χ1v) is 6.61. The average Bonchev–Trinajstić information content (AvgIpc) is 2.87. The molecule has 1 atom stereocenters. The van der Waals surface area contributed by atoms with Gasteiger partial charge < -0.3 is 5.32 Å². The van der Waals surface area contributed by atoms with E-state index < -0.39 is 11.0 Å². The number of hydrogen-bond acceptors (Lipinski definition) is 4. The number of nitrogens with one attached hydrogen (secondary N) is 1. The minimum Gasteiger partial charge on any atom is -0.350 e. The maximum Gasteiger partial charge on any atom is 0.309 e. The van der Waals surface area contributed by atoms with Gasteiger partial charge in [-0.15, -0.1) is 0 Å². The number of benzene rings is 1. The molecule has 0 aliphatic carbocycles. The molecule has 1 aromatic carbocycles. The molecule has 0 spiro atoms. The van der Waals surface area contributed by atoms with Gasteiger partial charge in [0.25, 0.3) is 0 Å². The summed E-state index contributed by atoms with van der Waals surface area (Å²) in [6.45, 7) is 3.35. The smallest absolute Gasteiger partial charge is 0.309 e. The lowest BCUT2D eigenvalue weighted by Gasteiger charge is -2.12. The Hall–Kier alpha value is -2.77. The Balaban J connectivity index is 2.01. The first-order chi connectivity index (χ1) is 10.4. The second-order valence-corrected chi connectivity index (χ2v) is 4.86.